The SMILES string of the molecule is CC(C)(SCc1cc(F)cc(C#N)c1)C(=O)O. The second kappa shape index (κ2) is 5.19. The smallest absolute Gasteiger partial charge is 0.319 e. The summed E-state index contributed by atoms with van der Waals surface area (Å²) in [6.45, 7) is 3.18. The standard InChI is InChI=1S/C12H12FNO2S/c1-12(2,11(15)16)17-7-9-3-8(6-14)4-10(13)5-9/h3-5H,7H2,1-2H3,(H,15,16). The monoisotopic (exact) mass is 253 g/mol. The Labute approximate surface area is 103 Å². The average molecular weight is 253 g/mol. The van der Waals surface area contributed by atoms with Crippen molar-refractivity contribution < 1.29 is 14.3 Å². The molecule has 0 atom stereocenters. The molecule has 5 heteroatoms. The first-order valence-electron chi connectivity index (χ1n) is 4.92. The topological polar surface area (TPSA) is 61.1 Å². The van der Waals surface area contributed by atoms with Crippen LogP contribution in [0.2, 0.25) is 0 Å². The van der Waals surface area contributed by atoms with Crippen LogP contribution < -0.4 is 0 Å². The first kappa shape index (κ1) is 13.5. The number of benzene rings is 1. The number of halogens is 1. The maximum Gasteiger partial charge on any atom is 0.319 e. The van der Waals surface area contributed by atoms with Gasteiger partial charge in [0.25, 0.3) is 0 Å². The molecule has 0 aromatic heterocycles. The molecule has 3 nitrogen and oxygen atoms in total. The van der Waals surface area contributed by atoms with Crippen molar-refractivity contribution >= 4 is 17.7 Å². The fourth-order valence-corrected chi connectivity index (χ4v) is 1.94. The van der Waals surface area contributed by atoms with Crippen LogP contribution in [-0.4, -0.2) is 15.8 Å². The van der Waals surface area contributed by atoms with Crippen LogP contribution in [0.3, 0.4) is 0 Å². The number of nitrogens with zero attached hydrogens (tertiary/aromatic N) is 1. The van der Waals surface area contributed by atoms with E-state index in [9.17, 15) is 9.18 Å². The molecule has 0 aliphatic carbocycles. The molecule has 0 heterocycles. The maximum atomic E-state index is 13.1. The molecule has 0 spiro atoms. The van der Waals surface area contributed by atoms with Gasteiger partial charge in [-0.25, -0.2) is 4.39 Å². The Kier molecular flexibility index (Phi) is 4.13. The van der Waals surface area contributed by atoms with Crippen LogP contribution in [0.4, 0.5) is 4.39 Å². The molecule has 0 bridgehead atoms. The van der Waals surface area contributed by atoms with E-state index in [1.165, 1.54) is 17.8 Å². The maximum absolute atomic E-state index is 13.1. The van der Waals surface area contributed by atoms with Gasteiger partial charge < -0.3 is 5.11 Å². The van der Waals surface area contributed by atoms with Gasteiger partial charge in [-0.1, -0.05) is 0 Å². The molecule has 17 heavy (non-hydrogen) atoms. The Morgan fingerprint density at radius 3 is 2.71 bits per heavy atom. The highest BCUT2D eigenvalue weighted by Gasteiger charge is 2.27. The molecule has 0 saturated carbocycles. The third-order valence-electron chi connectivity index (χ3n) is 2.20. The third kappa shape index (κ3) is 3.75. The van der Waals surface area contributed by atoms with E-state index in [0.717, 1.165) is 6.07 Å². The molecule has 0 unspecified atom stereocenters. The summed E-state index contributed by atoms with van der Waals surface area (Å²) >= 11 is 1.19. The minimum atomic E-state index is -0.931. The minimum Gasteiger partial charge on any atom is -0.480 e. The van der Waals surface area contributed by atoms with Crippen molar-refractivity contribution in [1.29, 1.82) is 5.26 Å². The number of carboxylic acid groups (broad SMARTS) is 1. The van der Waals surface area contributed by atoms with Gasteiger partial charge in [0.2, 0.25) is 0 Å². The van der Waals surface area contributed by atoms with Gasteiger partial charge >= 0.3 is 5.97 Å². The number of carbonyl (C=O) groups is 1. The molecule has 90 valence electrons. The van der Waals surface area contributed by atoms with Crippen LogP contribution in [0, 0.1) is 17.1 Å². The second-order valence-electron chi connectivity index (χ2n) is 4.06. The van der Waals surface area contributed by atoms with Crippen molar-refractivity contribution in [3.63, 3.8) is 0 Å². The first-order chi connectivity index (χ1) is 7.85. The van der Waals surface area contributed by atoms with E-state index in [2.05, 4.69) is 0 Å². The number of carboxylic acids is 1. The second-order valence-corrected chi connectivity index (χ2v) is 5.66. The summed E-state index contributed by atoms with van der Waals surface area (Å²) in [5.74, 6) is -1.04. The van der Waals surface area contributed by atoms with E-state index in [-0.39, 0.29) is 5.56 Å². The summed E-state index contributed by atoms with van der Waals surface area (Å²) in [7, 11) is 0. The first-order valence-corrected chi connectivity index (χ1v) is 5.90. The summed E-state index contributed by atoms with van der Waals surface area (Å²) in [5.41, 5.74) is 0.856. The number of nitriles is 1. The van der Waals surface area contributed by atoms with Gasteiger partial charge in [-0.2, -0.15) is 5.26 Å². The fourth-order valence-electron chi connectivity index (χ4n) is 1.12. The zero-order chi connectivity index (χ0) is 13.1. The van der Waals surface area contributed by atoms with E-state index < -0.39 is 16.5 Å². The summed E-state index contributed by atoms with van der Waals surface area (Å²) in [6.07, 6.45) is 0. The van der Waals surface area contributed by atoms with Gasteiger partial charge in [0.15, 0.2) is 0 Å². The lowest BCUT2D eigenvalue weighted by Gasteiger charge is -2.18. The Hall–Kier alpha value is -1.54. The van der Waals surface area contributed by atoms with E-state index in [1.807, 2.05) is 6.07 Å². The Morgan fingerprint density at radius 2 is 2.18 bits per heavy atom. The molecule has 0 amide bonds. The Bertz CT molecular complexity index is 480. The molecular formula is C12H12FNO2S. The van der Waals surface area contributed by atoms with Crippen LogP contribution in [0.5, 0.6) is 0 Å². The highest BCUT2D eigenvalue weighted by molar-refractivity contribution is 8.00. The number of hydrogen-bond donors (Lipinski definition) is 1. The number of aliphatic carboxylic acids is 1. The zero-order valence-electron chi connectivity index (χ0n) is 9.53. The molecule has 0 radical (unpaired) electrons. The molecule has 1 aromatic carbocycles. The lowest BCUT2D eigenvalue weighted by molar-refractivity contribution is -0.138. The van der Waals surface area contributed by atoms with E-state index >= 15 is 0 Å². The molecule has 1 N–H and O–H groups in total. The van der Waals surface area contributed by atoms with Crippen molar-refractivity contribution in [1.82, 2.24) is 0 Å². The van der Waals surface area contributed by atoms with Gasteiger partial charge in [-0.3, -0.25) is 4.79 Å². The molecule has 0 aliphatic rings. The largest absolute Gasteiger partial charge is 0.480 e. The molecule has 0 aliphatic heterocycles. The van der Waals surface area contributed by atoms with Crippen LogP contribution in [0.25, 0.3) is 0 Å². The minimum absolute atomic E-state index is 0.244. The van der Waals surface area contributed by atoms with Crippen molar-refractivity contribution in [2.75, 3.05) is 0 Å². The van der Waals surface area contributed by atoms with Crippen LogP contribution in [0.1, 0.15) is 25.0 Å². The van der Waals surface area contributed by atoms with Gasteiger partial charge in [-0.15, -0.1) is 11.8 Å². The number of thioether (sulfide) groups is 1. The summed E-state index contributed by atoms with van der Waals surface area (Å²) in [6, 6.07) is 5.89. The fraction of sp³-hybridized carbons (Fsp3) is 0.333. The van der Waals surface area contributed by atoms with Gasteiger partial charge in [0, 0.05) is 5.75 Å². The van der Waals surface area contributed by atoms with E-state index in [1.54, 1.807) is 19.9 Å². The number of hydrogen-bond acceptors (Lipinski definition) is 3. The summed E-state index contributed by atoms with van der Waals surface area (Å²) in [4.78, 5) is 10.9. The Balaban J connectivity index is 2.80. The van der Waals surface area contributed by atoms with E-state index in [4.69, 9.17) is 10.4 Å². The molecule has 1 rings (SSSR count). The third-order valence-corrected chi connectivity index (χ3v) is 3.58. The normalized spacial score (nSPS) is 10.9. The summed E-state index contributed by atoms with van der Waals surface area (Å²) in [5, 5.41) is 17.6. The van der Waals surface area contributed by atoms with Crippen molar-refractivity contribution in [2.45, 2.75) is 24.3 Å². The Morgan fingerprint density at radius 1 is 1.53 bits per heavy atom. The van der Waals surface area contributed by atoms with Gasteiger partial charge in [0.05, 0.1) is 11.6 Å². The van der Waals surface area contributed by atoms with E-state index in [0.29, 0.717) is 11.3 Å². The predicted octanol–water partition coefficient (Wildman–Crippen LogP) is 2.79. The van der Waals surface area contributed by atoms with Crippen LogP contribution in [-0.2, 0) is 10.5 Å². The lowest BCUT2D eigenvalue weighted by atomic mass is 10.1. The molecule has 1 aromatic rings. The lowest BCUT2D eigenvalue weighted by Crippen LogP contribution is -2.27. The highest BCUT2D eigenvalue weighted by atomic mass is 32.2. The summed E-state index contributed by atoms with van der Waals surface area (Å²) < 4.78 is 12.2. The van der Waals surface area contributed by atoms with Crippen LogP contribution >= 0.6 is 11.8 Å². The highest BCUT2D eigenvalue weighted by Crippen LogP contribution is 2.28. The van der Waals surface area contributed by atoms with Crippen molar-refractivity contribution in [3.8, 4) is 6.07 Å². The zero-order valence-corrected chi connectivity index (χ0v) is 10.3. The molecule has 0 saturated heterocycles. The quantitative estimate of drug-likeness (QED) is 0.896. The van der Waals surface area contributed by atoms with Gasteiger partial charge in [0.1, 0.15) is 10.6 Å². The van der Waals surface area contributed by atoms with Crippen LogP contribution in [0.15, 0.2) is 18.2 Å². The van der Waals surface area contributed by atoms with Crippen molar-refractivity contribution in [2.24, 2.45) is 0 Å². The number of rotatable bonds is 4. The predicted molar refractivity (Wildman–Crippen MR) is 64.1 cm³/mol. The molecule has 0 fully saturated rings. The van der Waals surface area contributed by atoms with Gasteiger partial charge in [-0.05, 0) is 37.6 Å². The average Bonchev–Trinajstić information content (AvgIpc) is 2.25. The van der Waals surface area contributed by atoms with Crippen molar-refractivity contribution in [3.05, 3.63) is 35.1 Å². The molecular weight excluding hydrogens is 241 g/mol.